The molecular formula is C27H24ClN5O. The van der Waals surface area contributed by atoms with Crippen molar-refractivity contribution in [1.29, 1.82) is 0 Å². The number of rotatable bonds is 4. The monoisotopic (exact) mass is 469 g/mol. The molecular weight excluding hydrogens is 446 g/mol. The number of H-pyrrole nitrogens is 1. The van der Waals surface area contributed by atoms with Crippen molar-refractivity contribution in [2.24, 2.45) is 0 Å². The Morgan fingerprint density at radius 1 is 0.882 bits per heavy atom. The standard InChI is InChI=1S/C27H24ClN5O/c28-26-25(29-21-5-1-2-6-22(21)30-26)19-11-9-18(10-12-19)17-32-15-13-20(14-16-32)33-24-8-4-3-7-23(24)31-27(33)34/h1-12,20H,13-17H2,(H,31,34). The Morgan fingerprint density at radius 2 is 1.56 bits per heavy atom. The number of benzene rings is 3. The molecule has 6 nitrogen and oxygen atoms in total. The minimum atomic E-state index is -0.00862. The number of hydrogen-bond acceptors (Lipinski definition) is 4. The fraction of sp³-hybridized carbons (Fsp3) is 0.222. The summed E-state index contributed by atoms with van der Waals surface area (Å²) in [6.45, 7) is 2.80. The van der Waals surface area contributed by atoms with E-state index in [4.69, 9.17) is 16.6 Å². The van der Waals surface area contributed by atoms with Crippen LogP contribution in [0.4, 0.5) is 0 Å². The fourth-order valence-electron chi connectivity index (χ4n) is 4.96. The highest BCUT2D eigenvalue weighted by Crippen LogP contribution is 2.28. The van der Waals surface area contributed by atoms with Crippen LogP contribution in [0.3, 0.4) is 0 Å². The van der Waals surface area contributed by atoms with E-state index in [-0.39, 0.29) is 11.7 Å². The van der Waals surface area contributed by atoms with Crippen molar-refractivity contribution in [3.8, 4) is 11.3 Å². The Labute approximate surface area is 201 Å². The maximum absolute atomic E-state index is 12.5. The van der Waals surface area contributed by atoms with Crippen LogP contribution in [-0.2, 0) is 6.54 Å². The number of para-hydroxylation sites is 4. The van der Waals surface area contributed by atoms with Gasteiger partial charge in [0.05, 0.1) is 22.1 Å². The Bertz CT molecular complexity index is 1530. The van der Waals surface area contributed by atoms with E-state index in [1.807, 2.05) is 53.1 Å². The summed E-state index contributed by atoms with van der Waals surface area (Å²) in [7, 11) is 0. The highest BCUT2D eigenvalue weighted by atomic mass is 35.5. The van der Waals surface area contributed by atoms with Crippen molar-refractivity contribution < 1.29 is 0 Å². The van der Waals surface area contributed by atoms with Gasteiger partial charge in [0.25, 0.3) is 0 Å². The Hall–Kier alpha value is -3.48. The SMILES string of the molecule is O=c1[nH]c2ccccc2n1C1CCN(Cc2ccc(-c3nc4ccccc4nc3Cl)cc2)CC1. The lowest BCUT2D eigenvalue weighted by atomic mass is 10.0. The number of nitrogens with one attached hydrogen (secondary N) is 1. The summed E-state index contributed by atoms with van der Waals surface area (Å²) in [5.41, 5.74) is 6.45. The van der Waals surface area contributed by atoms with Crippen molar-refractivity contribution >= 4 is 33.7 Å². The van der Waals surface area contributed by atoms with Gasteiger partial charge in [-0.05, 0) is 42.7 Å². The van der Waals surface area contributed by atoms with Gasteiger partial charge >= 0.3 is 5.69 Å². The Kier molecular flexibility index (Phi) is 5.40. The molecule has 1 fully saturated rings. The van der Waals surface area contributed by atoms with Crippen LogP contribution in [0.5, 0.6) is 0 Å². The van der Waals surface area contributed by atoms with E-state index < -0.39 is 0 Å². The van der Waals surface area contributed by atoms with E-state index in [0.29, 0.717) is 10.8 Å². The molecule has 7 heteroatoms. The lowest BCUT2D eigenvalue weighted by molar-refractivity contribution is 0.180. The first-order valence-corrected chi connectivity index (χ1v) is 12.0. The molecule has 6 rings (SSSR count). The average molecular weight is 470 g/mol. The van der Waals surface area contributed by atoms with E-state index in [0.717, 1.165) is 60.1 Å². The highest BCUT2D eigenvalue weighted by molar-refractivity contribution is 6.32. The van der Waals surface area contributed by atoms with Gasteiger partial charge in [0.15, 0.2) is 5.15 Å². The van der Waals surface area contributed by atoms with Crippen molar-refractivity contribution in [2.45, 2.75) is 25.4 Å². The molecule has 5 aromatic rings. The first-order chi connectivity index (χ1) is 16.7. The number of piperidine rings is 1. The van der Waals surface area contributed by atoms with E-state index >= 15 is 0 Å². The molecule has 0 spiro atoms. The zero-order valence-electron chi connectivity index (χ0n) is 18.6. The average Bonchev–Trinajstić information content (AvgIpc) is 3.20. The molecule has 0 unspecified atom stereocenters. The van der Waals surface area contributed by atoms with Crippen LogP contribution >= 0.6 is 11.6 Å². The third-order valence-corrected chi connectivity index (χ3v) is 6.97. The molecule has 0 radical (unpaired) electrons. The van der Waals surface area contributed by atoms with E-state index in [2.05, 4.69) is 39.1 Å². The molecule has 34 heavy (non-hydrogen) atoms. The van der Waals surface area contributed by atoms with Crippen LogP contribution in [0.2, 0.25) is 5.15 Å². The summed E-state index contributed by atoms with van der Waals surface area (Å²) in [6.07, 6.45) is 1.92. The molecule has 1 aliphatic heterocycles. The second kappa shape index (κ2) is 8.70. The number of imidazole rings is 1. The molecule has 0 saturated carbocycles. The molecule has 2 aromatic heterocycles. The molecule has 0 amide bonds. The first kappa shape index (κ1) is 21.1. The van der Waals surface area contributed by atoms with Gasteiger partial charge in [0, 0.05) is 31.2 Å². The van der Waals surface area contributed by atoms with E-state index in [1.54, 1.807) is 0 Å². The number of hydrogen-bond donors (Lipinski definition) is 1. The van der Waals surface area contributed by atoms with Crippen LogP contribution < -0.4 is 5.69 Å². The Morgan fingerprint density at radius 3 is 2.32 bits per heavy atom. The first-order valence-electron chi connectivity index (χ1n) is 11.6. The second-order valence-corrected chi connectivity index (χ2v) is 9.23. The highest BCUT2D eigenvalue weighted by Gasteiger charge is 2.23. The topological polar surface area (TPSA) is 66.8 Å². The van der Waals surface area contributed by atoms with Gasteiger partial charge in [-0.3, -0.25) is 9.47 Å². The number of halogens is 1. The van der Waals surface area contributed by atoms with Gasteiger partial charge in [0.2, 0.25) is 0 Å². The van der Waals surface area contributed by atoms with E-state index in [9.17, 15) is 4.79 Å². The van der Waals surface area contributed by atoms with Gasteiger partial charge in [0.1, 0.15) is 5.69 Å². The Balaban J connectivity index is 1.14. The predicted octanol–water partition coefficient (Wildman–Crippen LogP) is 5.43. The predicted molar refractivity (Wildman–Crippen MR) is 136 cm³/mol. The van der Waals surface area contributed by atoms with Gasteiger partial charge in [-0.1, -0.05) is 60.1 Å². The lowest BCUT2D eigenvalue weighted by Gasteiger charge is -2.32. The van der Waals surface area contributed by atoms with Crippen LogP contribution in [0.15, 0.2) is 77.6 Å². The van der Waals surface area contributed by atoms with Crippen LogP contribution in [0.1, 0.15) is 24.4 Å². The van der Waals surface area contributed by atoms with Gasteiger partial charge in [-0.15, -0.1) is 0 Å². The summed E-state index contributed by atoms with van der Waals surface area (Å²) >= 11 is 6.43. The van der Waals surface area contributed by atoms with Crippen LogP contribution in [-0.4, -0.2) is 37.5 Å². The summed E-state index contributed by atoms with van der Waals surface area (Å²) < 4.78 is 1.94. The van der Waals surface area contributed by atoms with Gasteiger partial charge in [-0.25, -0.2) is 14.8 Å². The van der Waals surface area contributed by atoms with Gasteiger partial charge in [-0.2, -0.15) is 0 Å². The zero-order valence-corrected chi connectivity index (χ0v) is 19.4. The molecule has 0 aliphatic carbocycles. The number of fused-ring (bicyclic) bond motifs is 2. The van der Waals surface area contributed by atoms with Crippen molar-refractivity contribution in [1.82, 2.24) is 24.4 Å². The number of aromatic nitrogens is 4. The van der Waals surface area contributed by atoms with Gasteiger partial charge < -0.3 is 4.98 Å². The van der Waals surface area contributed by atoms with E-state index in [1.165, 1.54) is 5.56 Å². The maximum atomic E-state index is 12.5. The van der Waals surface area contributed by atoms with Crippen molar-refractivity contribution in [2.75, 3.05) is 13.1 Å². The smallest absolute Gasteiger partial charge is 0.306 e. The van der Waals surface area contributed by atoms with Crippen LogP contribution in [0, 0.1) is 0 Å². The third-order valence-electron chi connectivity index (χ3n) is 6.71. The quantitative estimate of drug-likeness (QED) is 0.381. The lowest BCUT2D eigenvalue weighted by Crippen LogP contribution is -2.36. The number of nitrogens with zero attached hydrogens (tertiary/aromatic N) is 4. The molecule has 1 saturated heterocycles. The summed E-state index contributed by atoms with van der Waals surface area (Å²) in [5, 5.41) is 0.418. The fourth-order valence-corrected chi connectivity index (χ4v) is 5.20. The zero-order chi connectivity index (χ0) is 23.1. The summed E-state index contributed by atoms with van der Waals surface area (Å²) in [4.78, 5) is 27.2. The summed E-state index contributed by atoms with van der Waals surface area (Å²) in [5.74, 6) is 0. The normalized spacial score (nSPS) is 15.3. The third kappa shape index (κ3) is 3.89. The minimum Gasteiger partial charge on any atom is -0.306 e. The maximum Gasteiger partial charge on any atom is 0.326 e. The second-order valence-electron chi connectivity index (χ2n) is 8.87. The molecule has 1 N–H and O–H groups in total. The molecule has 3 heterocycles. The molecule has 170 valence electrons. The van der Waals surface area contributed by atoms with Crippen molar-refractivity contribution in [3.63, 3.8) is 0 Å². The number of likely N-dealkylation sites (tertiary alicyclic amines) is 1. The van der Waals surface area contributed by atoms with Crippen molar-refractivity contribution in [3.05, 3.63) is 94.0 Å². The van der Waals surface area contributed by atoms with Crippen LogP contribution in [0.25, 0.3) is 33.3 Å². The summed E-state index contributed by atoms with van der Waals surface area (Å²) in [6, 6.07) is 24.3. The largest absolute Gasteiger partial charge is 0.326 e. The molecule has 3 aromatic carbocycles. The minimum absolute atomic E-state index is 0.00862. The molecule has 1 aliphatic rings. The molecule has 0 atom stereocenters. The molecule has 0 bridgehead atoms. The number of aromatic amines is 1.